The van der Waals surface area contributed by atoms with E-state index in [-0.39, 0.29) is 5.92 Å². The second-order valence-corrected chi connectivity index (χ2v) is 6.11. The molecule has 21 heavy (non-hydrogen) atoms. The fraction of sp³-hybridized carbons (Fsp3) is 0.333. The molecule has 4 rings (SSSR count). The van der Waals surface area contributed by atoms with E-state index in [0.717, 1.165) is 30.8 Å². The minimum Gasteiger partial charge on any atom is -0.508 e. The lowest BCUT2D eigenvalue weighted by molar-refractivity contribution is 0.00526. The molecule has 1 fully saturated rings. The van der Waals surface area contributed by atoms with Crippen molar-refractivity contribution in [2.45, 2.75) is 17.9 Å². The number of para-hydroxylation sites is 2. The molecule has 2 heterocycles. The van der Waals surface area contributed by atoms with Crippen molar-refractivity contribution in [3.8, 4) is 11.5 Å². The molecular weight excluding hydrogens is 262 g/mol. The molecule has 0 radical (unpaired) electrons. The maximum Gasteiger partial charge on any atom is 0.147 e. The van der Waals surface area contributed by atoms with Gasteiger partial charge in [-0.1, -0.05) is 36.4 Å². The molecule has 2 aliphatic rings. The molecule has 0 spiro atoms. The number of aromatic hydroxyl groups is 1. The SMILES string of the molecule is CN1CC[C@]2(c3ccccc3O)Oc3ccccc3[C@@H]2C1. The monoisotopic (exact) mass is 281 g/mol. The summed E-state index contributed by atoms with van der Waals surface area (Å²) in [6.45, 7) is 1.92. The number of phenols is 1. The Morgan fingerprint density at radius 2 is 1.90 bits per heavy atom. The van der Waals surface area contributed by atoms with Crippen LogP contribution in [0.3, 0.4) is 0 Å². The molecule has 3 nitrogen and oxygen atoms in total. The number of ether oxygens (including phenoxy) is 1. The van der Waals surface area contributed by atoms with Gasteiger partial charge in [0.25, 0.3) is 0 Å². The molecule has 1 saturated heterocycles. The van der Waals surface area contributed by atoms with Crippen LogP contribution in [0.25, 0.3) is 0 Å². The Hall–Kier alpha value is -2.00. The molecule has 2 aromatic carbocycles. The van der Waals surface area contributed by atoms with E-state index in [4.69, 9.17) is 4.74 Å². The third kappa shape index (κ3) is 1.77. The van der Waals surface area contributed by atoms with E-state index in [1.165, 1.54) is 5.56 Å². The van der Waals surface area contributed by atoms with Crippen LogP contribution in [0.4, 0.5) is 0 Å². The lowest BCUT2D eigenvalue weighted by Gasteiger charge is -2.42. The number of benzene rings is 2. The van der Waals surface area contributed by atoms with Gasteiger partial charge in [0.15, 0.2) is 0 Å². The van der Waals surface area contributed by atoms with Crippen molar-refractivity contribution in [1.82, 2.24) is 4.90 Å². The van der Waals surface area contributed by atoms with Crippen LogP contribution in [-0.2, 0) is 5.60 Å². The van der Waals surface area contributed by atoms with E-state index >= 15 is 0 Å². The summed E-state index contributed by atoms with van der Waals surface area (Å²) in [6, 6.07) is 15.9. The predicted molar refractivity (Wildman–Crippen MR) is 81.7 cm³/mol. The zero-order valence-corrected chi connectivity index (χ0v) is 12.1. The molecule has 108 valence electrons. The molecule has 0 bridgehead atoms. The lowest BCUT2D eigenvalue weighted by atomic mass is 9.74. The summed E-state index contributed by atoms with van der Waals surface area (Å²) in [5, 5.41) is 10.4. The largest absolute Gasteiger partial charge is 0.508 e. The predicted octanol–water partition coefficient (Wildman–Crippen LogP) is 3.10. The molecule has 0 saturated carbocycles. The van der Waals surface area contributed by atoms with E-state index in [2.05, 4.69) is 24.1 Å². The maximum absolute atomic E-state index is 10.4. The number of likely N-dealkylation sites (tertiary alicyclic amines) is 1. The Morgan fingerprint density at radius 3 is 2.76 bits per heavy atom. The average molecular weight is 281 g/mol. The fourth-order valence-electron chi connectivity index (χ4n) is 3.82. The molecule has 1 N–H and O–H groups in total. The summed E-state index contributed by atoms with van der Waals surface area (Å²) in [6.07, 6.45) is 0.889. The third-order valence-corrected chi connectivity index (χ3v) is 4.87. The topological polar surface area (TPSA) is 32.7 Å². The smallest absolute Gasteiger partial charge is 0.147 e. The normalized spacial score (nSPS) is 27.8. The highest BCUT2D eigenvalue weighted by molar-refractivity contribution is 5.50. The maximum atomic E-state index is 10.4. The molecule has 0 aromatic heterocycles. The van der Waals surface area contributed by atoms with Gasteiger partial charge in [-0.15, -0.1) is 0 Å². The number of phenolic OH excluding ortho intramolecular Hbond substituents is 1. The van der Waals surface area contributed by atoms with Crippen LogP contribution in [0.1, 0.15) is 23.5 Å². The van der Waals surface area contributed by atoms with Crippen molar-refractivity contribution in [3.05, 3.63) is 59.7 Å². The van der Waals surface area contributed by atoms with Crippen LogP contribution in [0.5, 0.6) is 11.5 Å². The molecule has 3 heteroatoms. The first-order valence-electron chi connectivity index (χ1n) is 7.46. The van der Waals surface area contributed by atoms with E-state index < -0.39 is 5.60 Å². The number of rotatable bonds is 1. The van der Waals surface area contributed by atoms with Crippen molar-refractivity contribution in [2.24, 2.45) is 0 Å². The first-order valence-corrected chi connectivity index (χ1v) is 7.46. The summed E-state index contributed by atoms with van der Waals surface area (Å²) < 4.78 is 6.43. The Labute approximate surface area is 124 Å². The summed E-state index contributed by atoms with van der Waals surface area (Å²) in [4.78, 5) is 2.34. The summed E-state index contributed by atoms with van der Waals surface area (Å²) >= 11 is 0. The molecule has 2 atom stereocenters. The van der Waals surface area contributed by atoms with Gasteiger partial charge in [0, 0.05) is 36.6 Å². The van der Waals surface area contributed by atoms with Crippen LogP contribution in [0.2, 0.25) is 0 Å². The summed E-state index contributed by atoms with van der Waals surface area (Å²) in [5.74, 6) is 1.56. The van der Waals surface area contributed by atoms with Gasteiger partial charge in [-0.05, 0) is 19.2 Å². The highest BCUT2D eigenvalue weighted by Gasteiger charge is 2.52. The molecule has 2 aliphatic heterocycles. The Balaban J connectivity index is 1.89. The summed E-state index contributed by atoms with van der Waals surface area (Å²) in [7, 11) is 2.15. The van der Waals surface area contributed by atoms with E-state index in [1.54, 1.807) is 6.07 Å². The van der Waals surface area contributed by atoms with Gasteiger partial charge in [0.2, 0.25) is 0 Å². The van der Waals surface area contributed by atoms with Crippen molar-refractivity contribution in [1.29, 1.82) is 0 Å². The first-order chi connectivity index (χ1) is 10.2. The standard InChI is InChI=1S/C18H19NO2/c1-19-11-10-18(14-7-3-4-8-16(14)20)15(12-19)13-6-2-5-9-17(13)21-18/h2-9,15,20H,10-12H2,1H3/t15-,18+/m0/s1. The minimum absolute atomic E-state index is 0.265. The van der Waals surface area contributed by atoms with Crippen LogP contribution in [0, 0.1) is 0 Å². The fourth-order valence-corrected chi connectivity index (χ4v) is 3.82. The second-order valence-electron chi connectivity index (χ2n) is 6.11. The Bertz CT molecular complexity index is 684. The van der Waals surface area contributed by atoms with Gasteiger partial charge in [0.05, 0.1) is 0 Å². The van der Waals surface area contributed by atoms with Gasteiger partial charge < -0.3 is 14.7 Å². The van der Waals surface area contributed by atoms with Crippen molar-refractivity contribution in [3.63, 3.8) is 0 Å². The zero-order valence-electron chi connectivity index (χ0n) is 12.1. The molecule has 0 aliphatic carbocycles. The quantitative estimate of drug-likeness (QED) is 0.872. The highest BCUT2D eigenvalue weighted by atomic mass is 16.5. The van der Waals surface area contributed by atoms with E-state index in [9.17, 15) is 5.11 Å². The third-order valence-electron chi connectivity index (χ3n) is 4.87. The van der Waals surface area contributed by atoms with Crippen LogP contribution < -0.4 is 4.74 Å². The van der Waals surface area contributed by atoms with Gasteiger partial charge in [-0.3, -0.25) is 0 Å². The second kappa shape index (κ2) is 4.50. The number of likely N-dealkylation sites (N-methyl/N-ethyl adjacent to an activating group) is 1. The highest BCUT2D eigenvalue weighted by Crippen LogP contribution is 2.55. The van der Waals surface area contributed by atoms with Gasteiger partial charge in [0.1, 0.15) is 17.1 Å². The molecular formula is C18H19NO2. The number of fused-ring (bicyclic) bond motifs is 3. The van der Waals surface area contributed by atoms with Crippen molar-refractivity contribution >= 4 is 0 Å². The van der Waals surface area contributed by atoms with Crippen LogP contribution in [0.15, 0.2) is 48.5 Å². The van der Waals surface area contributed by atoms with Gasteiger partial charge in [-0.2, -0.15) is 0 Å². The Kier molecular flexibility index (Phi) is 2.73. The lowest BCUT2D eigenvalue weighted by Crippen LogP contribution is -2.47. The summed E-state index contributed by atoms with van der Waals surface area (Å²) in [5.41, 5.74) is 1.74. The van der Waals surface area contributed by atoms with E-state index in [1.807, 2.05) is 30.3 Å². The van der Waals surface area contributed by atoms with E-state index in [0.29, 0.717) is 5.75 Å². The number of hydrogen-bond acceptors (Lipinski definition) is 3. The minimum atomic E-state index is -0.429. The van der Waals surface area contributed by atoms with Gasteiger partial charge in [-0.25, -0.2) is 0 Å². The zero-order chi connectivity index (χ0) is 14.4. The number of piperidine rings is 1. The van der Waals surface area contributed by atoms with Gasteiger partial charge >= 0.3 is 0 Å². The first kappa shape index (κ1) is 12.7. The van der Waals surface area contributed by atoms with Crippen LogP contribution >= 0.6 is 0 Å². The Morgan fingerprint density at radius 1 is 1.14 bits per heavy atom. The van der Waals surface area contributed by atoms with Crippen molar-refractivity contribution in [2.75, 3.05) is 20.1 Å². The molecule has 2 aromatic rings. The number of nitrogens with zero attached hydrogens (tertiary/aromatic N) is 1. The van der Waals surface area contributed by atoms with Crippen LogP contribution in [-0.4, -0.2) is 30.1 Å². The molecule has 0 amide bonds. The number of hydrogen-bond donors (Lipinski definition) is 1. The average Bonchev–Trinajstić information content (AvgIpc) is 2.83. The molecule has 0 unspecified atom stereocenters. The van der Waals surface area contributed by atoms with Crippen molar-refractivity contribution < 1.29 is 9.84 Å².